The zero-order valence-corrected chi connectivity index (χ0v) is 11.5. The Bertz CT molecular complexity index is 433. The first-order valence-corrected chi connectivity index (χ1v) is 7.35. The Hall–Kier alpha value is -1.40. The third kappa shape index (κ3) is 3.33. The van der Waals surface area contributed by atoms with Gasteiger partial charge in [-0.3, -0.25) is 9.59 Å². The van der Waals surface area contributed by atoms with Crippen molar-refractivity contribution < 1.29 is 14.7 Å². The second-order valence-corrected chi connectivity index (χ2v) is 5.45. The fraction of sp³-hybridized carbons (Fsp3) is 0.538. The highest BCUT2D eigenvalue weighted by atomic mass is 32.1. The molecule has 1 fully saturated rings. The van der Waals surface area contributed by atoms with Crippen molar-refractivity contribution in [3.63, 3.8) is 0 Å². The number of carbonyl (C=O) groups is 2. The molecule has 104 valence electrons. The summed E-state index contributed by atoms with van der Waals surface area (Å²) in [7, 11) is 0. The predicted octanol–water partition coefficient (Wildman–Crippen LogP) is 0.851. The van der Waals surface area contributed by atoms with Crippen LogP contribution >= 0.6 is 11.3 Å². The molecular weight excluding hydrogens is 264 g/mol. The largest absolute Gasteiger partial charge is 0.396 e. The van der Waals surface area contributed by atoms with E-state index in [2.05, 4.69) is 5.32 Å². The van der Waals surface area contributed by atoms with Gasteiger partial charge in [-0.25, -0.2) is 0 Å². The Kier molecular flexibility index (Phi) is 4.93. The number of aliphatic hydroxyl groups excluding tert-OH is 1. The lowest BCUT2D eigenvalue weighted by Gasteiger charge is -2.23. The number of rotatable bonds is 5. The monoisotopic (exact) mass is 282 g/mol. The van der Waals surface area contributed by atoms with Crippen molar-refractivity contribution in [2.75, 3.05) is 19.7 Å². The van der Waals surface area contributed by atoms with Gasteiger partial charge >= 0.3 is 0 Å². The van der Waals surface area contributed by atoms with E-state index in [1.807, 2.05) is 11.4 Å². The molecule has 2 rings (SSSR count). The van der Waals surface area contributed by atoms with E-state index < -0.39 is 0 Å². The number of hydrogen-bond acceptors (Lipinski definition) is 4. The molecule has 1 saturated heterocycles. The van der Waals surface area contributed by atoms with Crippen molar-refractivity contribution in [2.24, 2.45) is 0 Å². The summed E-state index contributed by atoms with van der Waals surface area (Å²) in [6.45, 7) is 1.14. The van der Waals surface area contributed by atoms with Gasteiger partial charge in [0.2, 0.25) is 5.91 Å². The number of thiophene rings is 1. The van der Waals surface area contributed by atoms with Gasteiger partial charge in [0.15, 0.2) is 0 Å². The molecule has 0 aliphatic carbocycles. The fourth-order valence-electron chi connectivity index (χ4n) is 2.23. The van der Waals surface area contributed by atoms with Gasteiger partial charge in [-0.15, -0.1) is 11.3 Å². The minimum atomic E-state index is -0.367. The quantitative estimate of drug-likeness (QED) is 0.787. The van der Waals surface area contributed by atoms with Crippen LogP contribution in [0, 0.1) is 0 Å². The fourth-order valence-corrected chi connectivity index (χ4v) is 2.91. The average molecular weight is 282 g/mol. The predicted molar refractivity (Wildman–Crippen MR) is 73.1 cm³/mol. The number of amides is 2. The van der Waals surface area contributed by atoms with E-state index in [1.165, 1.54) is 11.3 Å². The van der Waals surface area contributed by atoms with E-state index in [-0.39, 0.29) is 24.5 Å². The lowest BCUT2D eigenvalue weighted by atomic mass is 10.2. The molecule has 0 radical (unpaired) electrons. The molecule has 2 amide bonds. The molecule has 1 aliphatic rings. The van der Waals surface area contributed by atoms with Crippen molar-refractivity contribution >= 4 is 23.2 Å². The van der Waals surface area contributed by atoms with Crippen molar-refractivity contribution in [3.8, 4) is 0 Å². The van der Waals surface area contributed by atoms with Crippen LogP contribution in [-0.4, -0.2) is 47.6 Å². The Morgan fingerprint density at radius 2 is 2.37 bits per heavy atom. The molecule has 1 aromatic heterocycles. The van der Waals surface area contributed by atoms with E-state index in [9.17, 15) is 9.59 Å². The van der Waals surface area contributed by atoms with Crippen LogP contribution in [0.4, 0.5) is 0 Å². The van der Waals surface area contributed by atoms with Crippen LogP contribution in [0.25, 0.3) is 0 Å². The Labute approximate surface area is 116 Å². The molecule has 19 heavy (non-hydrogen) atoms. The van der Waals surface area contributed by atoms with Gasteiger partial charge < -0.3 is 15.3 Å². The topological polar surface area (TPSA) is 69.6 Å². The molecule has 2 heterocycles. The first-order chi connectivity index (χ1) is 9.24. The van der Waals surface area contributed by atoms with Crippen molar-refractivity contribution in [3.05, 3.63) is 22.4 Å². The third-order valence-electron chi connectivity index (χ3n) is 3.18. The Morgan fingerprint density at radius 3 is 3.05 bits per heavy atom. The molecule has 2 N–H and O–H groups in total. The summed E-state index contributed by atoms with van der Waals surface area (Å²) in [4.78, 5) is 26.6. The molecule has 0 aromatic carbocycles. The maximum Gasteiger partial charge on any atom is 0.264 e. The zero-order valence-electron chi connectivity index (χ0n) is 10.7. The molecule has 0 spiro atoms. The molecule has 0 saturated carbocycles. The van der Waals surface area contributed by atoms with Crippen LogP contribution in [0.1, 0.15) is 28.9 Å². The van der Waals surface area contributed by atoms with Crippen molar-refractivity contribution in [1.82, 2.24) is 10.2 Å². The van der Waals surface area contributed by atoms with E-state index >= 15 is 0 Å². The van der Waals surface area contributed by atoms with Crippen LogP contribution in [0.15, 0.2) is 17.5 Å². The highest BCUT2D eigenvalue weighted by molar-refractivity contribution is 7.12. The maximum atomic E-state index is 12.3. The summed E-state index contributed by atoms with van der Waals surface area (Å²) in [5.41, 5.74) is 0. The van der Waals surface area contributed by atoms with Gasteiger partial charge in [-0.05, 0) is 30.7 Å². The molecule has 5 nitrogen and oxygen atoms in total. The van der Waals surface area contributed by atoms with Crippen LogP contribution < -0.4 is 5.32 Å². The van der Waals surface area contributed by atoms with E-state index in [4.69, 9.17) is 5.11 Å². The first-order valence-electron chi connectivity index (χ1n) is 6.47. The SMILES string of the molecule is O=C(NCCCO)[C@@H]1CCCN1C(=O)c1cccs1. The molecule has 1 aliphatic heterocycles. The Balaban J connectivity index is 1.96. The number of nitrogens with zero attached hydrogens (tertiary/aromatic N) is 1. The van der Waals surface area contributed by atoms with Crippen molar-refractivity contribution in [1.29, 1.82) is 0 Å². The Morgan fingerprint density at radius 1 is 1.53 bits per heavy atom. The first kappa shape index (κ1) is 14.0. The minimum Gasteiger partial charge on any atom is -0.396 e. The number of carbonyl (C=O) groups excluding carboxylic acids is 2. The van der Waals surface area contributed by atoms with E-state index in [0.29, 0.717) is 30.8 Å². The highest BCUT2D eigenvalue weighted by Gasteiger charge is 2.34. The molecule has 1 aromatic rings. The summed E-state index contributed by atoms with van der Waals surface area (Å²) in [5, 5.41) is 13.3. The number of hydrogen-bond donors (Lipinski definition) is 2. The second kappa shape index (κ2) is 6.68. The smallest absolute Gasteiger partial charge is 0.264 e. The lowest BCUT2D eigenvalue weighted by molar-refractivity contribution is -0.124. The van der Waals surface area contributed by atoms with E-state index in [1.54, 1.807) is 11.0 Å². The molecular formula is C13H18N2O3S. The summed E-state index contributed by atoms with van der Waals surface area (Å²) >= 11 is 1.40. The molecule has 0 unspecified atom stereocenters. The molecule has 1 atom stereocenters. The van der Waals surface area contributed by atoms with Gasteiger partial charge in [0.1, 0.15) is 6.04 Å². The minimum absolute atomic E-state index is 0.0583. The third-order valence-corrected chi connectivity index (χ3v) is 4.04. The normalized spacial score (nSPS) is 18.6. The molecule has 6 heteroatoms. The number of nitrogens with one attached hydrogen (secondary N) is 1. The van der Waals surface area contributed by atoms with Crippen LogP contribution in [0.3, 0.4) is 0 Å². The summed E-state index contributed by atoms with van der Waals surface area (Å²) in [5.74, 6) is -0.175. The van der Waals surface area contributed by atoms with Crippen LogP contribution in [0.2, 0.25) is 0 Å². The lowest BCUT2D eigenvalue weighted by Crippen LogP contribution is -2.46. The summed E-state index contributed by atoms with van der Waals surface area (Å²) in [6.07, 6.45) is 2.11. The van der Waals surface area contributed by atoms with E-state index in [0.717, 1.165) is 6.42 Å². The van der Waals surface area contributed by atoms with Gasteiger partial charge in [0.05, 0.1) is 4.88 Å². The number of aliphatic hydroxyl groups is 1. The second-order valence-electron chi connectivity index (χ2n) is 4.50. The van der Waals surface area contributed by atoms with Crippen LogP contribution in [-0.2, 0) is 4.79 Å². The summed E-state index contributed by atoms with van der Waals surface area (Å²) in [6, 6.07) is 3.25. The maximum absolute atomic E-state index is 12.3. The standard InChI is InChI=1S/C13H18N2O3S/c16-8-3-6-14-12(17)10-4-1-7-15(10)13(18)11-5-2-9-19-11/h2,5,9-10,16H,1,3-4,6-8H2,(H,14,17)/t10-/m0/s1. The molecule has 0 bridgehead atoms. The number of likely N-dealkylation sites (tertiary alicyclic amines) is 1. The summed E-state index contributed by atoms with van der Waals surface area (Å²) < 4.78 is 0. The van der Waals surface area contributed by atoms with Gasteiger partial charge in [0.25, 0.3) is 5.91 Å². The van der Waals surface area contributed by atoms with Crippen molar-refractivity contribution in [2.45, 2.75) is 25.3 Å². The highest BCUT2D eigenvalue weighted by Crippen LogP contribution is 2.22. The average Bonchev–Trinajstić information content (AvgIpc) is 3.09. The zero-order chi connectivity index (χ0) is 13.7. The van der Waals surface area contributed by atoms with Gasteiger partial charge in [0, 0.05) is 19.7 Å². The van der Waals surface area contributed by atoms with Gasteiger partial charge in [-0.2, -0.15) is 0 Å². The van der Waals surface area contributed by atoms with Gasteiger partial charge in [-0.1, -0.05) is 6.07 Å². The van der Waals surface area contributed by atoms with Crippen LogP contribution in [0.5, 0.6) is 0 Å².